The minimum atomic E-state index is -1.15. The van der Waals surface area contributed by atoms with E-state index in [1.807, 2.05) is 38.1 Å². The van der Waals surface area contributed by atoms with Crippen LogP contribution in [0.1, 0.15) is 19.4 Å². The van der Waals surface area contributed by atoms with Crippen LogP contribution >= 0.6 is 0 Å². The van der Waals surface area contributed by atoms with E-state index in [1.54, 1.807) is 6.07 Å². The van der Waals surface area contributed by atoms with Gasteiger partial charge in [0.25, 0.3) is 0 Å². The molecule has 0 aliphatic heterocycles. The van der Waals surface area contributed by atoms with Crippen molar-refractivity contribution in [1.29, 1.82) is 0 Å². The minimum Gasteiger partial charge on any atom is -0.478 e. The topological polar surface area (TPSA) is 66.4 Å². The minimum absolute atomic E-state index is 0.464. The fourth-order valence-corrected chi connectivity index (χ4v) is 1.41. The van der Waals surface area contributed by atoms with Crippen molar-refractivity contribution in [2.45, 2.75) is 13.8 Å². The van der Waals surface area contributed by atoms with Crippen molar-refractivity contribution in [2.75, 3.05) is 5.32 Å². The quantitative estimate of drug-likeness (QED) is 0.801. The highest BCUT2D eigenvalue weighted by molar-refractivity contribution is 6.03. The summed E-state index contributed by atoms with van der Waals surface area (Å²) in [5.41, 5.74) is 2.61. The van der Waals surface area contributed by atoms with Crippen LogP contribution in [0.15, 0.2) is 42.5 Å². The second-order valence-electron chi connectivity index (χ2n) is 3.68. The molecule has 0 aliphatic carbocycles. The van der Waals surface area contributed by atoms with Gasteiger partial charge in [0.15, 0.2) is 0 Å². The maximum Gasteiger partial charge on any atom is 0.328 e. The molecule has 4 nitrogen and oxygen atoms in total. The molecule has 1 aromatic carbocycles. The molecule has 0 unspecified atom stereocenters. The molecule has 2 N–H and O–H groups in total. The summed E-state index contributed by atoms with van der Waals surface area (Å²) in [5.74, 6) is -1.61. The summed E-state index contributed by atoms with van der Waals surface area (Å²) in [6.45, 7) is 3.86. The smallest absolute Gasteiger partial charge is 0.328 e. The monoisotopic (exact) mass is 245 g/mol. The molecular weight excluding hydrogens is 230 g/mol. The number of para-hydroxylation sites is 1. The number of hydrogen-bond acceptors (Lipinski definition) is 2. The van der Waals surface area contributed by atoms with E-state index in [2.05, 4.69) is 5.32 Å². The Kier molecular flexibility index (Phi) is 4.87. The molecule has 1 rings (SSSR count). The standard InChI is InChI=1S/C14H15NO3/c1-3-10(2)11-6-4-5-7-12(11)15-13(16)8-9-14(17)18/h3-9H,1-2H3,(H,15,16)(H,17,18). The second-order valence-corrected chi connectivity index (χ2v) is 3.68. The average Bonchev–Trinajstić information content (AvgIpc) is 2.36. The molecule has 18 heavy (non-hydrogen) atoms. The summed E-state index contributed by atoms with van der Waals surface area (Å²) in [5, 5.41) is 11.1. The number of carboxylic acid groups (broad SMARTS) is 1. The zero-order valence-corrected chi connectivity index (χ0v) is 10.3. The first-order valence-electron chi connectivity index (χ1n) is 5.49. The number of nitrogens with one attached hydrogen (secondary N) is 1. The number of amides is 1. The largest absolute Gasteiger partial charge is 0.478 e. The highest BCUT2D eigenvalue weighted by Gasteiger charge is 2.05. The van der Waals surface area contributed by atoms with Crippen LogP contribution < -0.4 is 5.32 Å². The molecule has 1 amide bonds. The van der Waals surface area contributed by atoms with Crippen molar-refractivity contribution in [3.63, 3.8) is 0 Å². The lowest BCUT2D eigenvalue weighted by Gasteiger charge is -2.09. The van der Waals surface area contributed by atoms with E-state index in [9.17, 15) is 9.59 Å². The SMILES string of the molecule is CC=C(C)c1ccccc1NC(=O)C=CC(=O)O. The van der Waals surface area contributed by atoms with Gasteiger partial charge in [0, 0.05) is 23.4 Å². The van der Waals surface area contributed by atoms with Crippen LogP contribution in [0.2, 0.25) is 0 Å². The Hall–Kier alpha value is -2.36. The molecule has 0 heterocycles. The van der Waals surface area contributed by atoms with Gasteiger partial charge in [0.2, 0.25) is 5.91 Å². The maximum atomic E-state index is 11.5. The van der Waals surface area contributed by atoms with Gasteiger partial charge in [0.05, 0.1) is 0 Å². The van der Waals surface area contributed by atoms with Crippen molar-refractivity contribution in [2.24, 2.45) is 0 Å². The molecule has 0 spiro atoms. The fraction of sp³-hybridized carbons (Fsp3) is 0.143. The van der Waals surface area contributed by atoms with Gasteiger partial charge in [-0.15, -0.1) is 0 Å². The van der Waals surface area contributed by atoms with E-state index in [-0.39, 0.29) is 0 Å². The maximum absolute atomic E-state index is 11.5. The first-order chi connectivity index (χ1) is 8.54. The van der Waals surface area contributed by atoms with Crippen LogP contribution in [0.4, 0.5) is 5.69 Å². The number of benzene rings is 1. The molecule has 0 saturated heterocycles. The van der Waals surface area contributed by atoms with Crippen molar-refractivity contribution in [1.82, 2.24) is 0 Å². The number of carbonyl (C=O) groups excluding carboxylic acids is 1. The van der Waals surface area contributed by atoms with Gasteiger partial charge in [-0.2, -0.15) is 0 Å². The van der Waals surface area contributed by atoms with E-state index in [4.69, 9.17) is 5.11 Å². The van der Waals surface area contributed by atoms with Gasteiger partial charge < -0.3 is 10.4 Å². The molecule has 94 valence electrons. The molecule has 0 atom stereocenters. The van der Waals surface area contributed by atoms with Crippen LogP contribution in [0.3, 0.4) is 0 Å². The van der Waals surface area contributed by atoms with Crippen molar-refractivity contribution in [3.05, 3.63) is 48.1 Å². The molecule has 0 aliphatic rings. The molecule has 0 fully saturated rings. The van der Waals surface area contributed by atoms with E-state index >= 15 is 0 Å². The summed E-state index contributed by atoms with van der Waals surface area (Å²) in [7, 11) is 0. The van der Waals surface area contributed by atoms with Gasteiger partial charge in [-0.25, -0.2) is 4.79 Å². The molecule has 0 saturated carbocycles. The van der Waals surface area contributed by atoms with Crippen molar-refractivity contribution >= 4 is 23.1 Å². The Morgan fingerprint density at radius 1 is 1.22 bits per heavy atom. The molecule has 1 aromatic rings. The summed E-state index contributed by atoms with van der Waals surface area (Å²) in [4.78, 5) is 21.8. The zero-order chi connectivity index (χ0) is 13.5. The Bertz CT molecular complexity index is 516. The van der Waals surface area contributed by atoms with E-state index in [1.165, 1.54) is 0 Å². The van der Waals surface area contributed by atoms with Gasteiger partial charge in [-0.1, -0.05) is 24.3 Å². The van der Waals surface area contributed by atoms with Crippen molar-refractivity contribution < 1.29 is 14.7 Å². The van der Waals surface area contributed by atoms with Crippen LogP contribution in [0, 0.1) is 0 Å². The van der Waals surface area contributed by atoms with Gasteiger partial charge in [-0.3, -0.25) is 4.79 Å². The lowest BCUT2D eigenvalue weighted by atomic mass is 10.1. The first-order valence-corrected chi connectivity index (χ1v) is 5.49. The number of aliphatic carboxylic acids is 1. The predicted octanol–water partition coefficient (Wildman–Crippen LogP) is 2.69. The summed E-state index contributed by atoms with van der Waals surface area (Å²) in [6.07, 6.45) is 3.74. The summed E-state index contributed by atoms with van der Waals surface area (Å²) < 4.78 is 0. The van der Waals surface area contributed by atoms with Gasteiger partial charge >= 0.3 is 5.97 Å². The molecular formula is C14H15NO3. The molecule has 0 radical (unpaired) electrons. The van der Waals surface area contributed by atoms with Crippen LogP contribution in [0.5, 0.6) is 0 Å². The number of rotatable bonds is 4. The lowest BCUT2D eigenvalue weighted by molar-refractivity contribution is -0.131. The van der Waals surface area contributed by atoms with Crippen molar-refractivity contribution in [3.8, 4) is 0 Å². The molecule has 0 bridgehead atoms. The van der Waals surface area contributed by atoms with E-state index in [0.717, 1.165) is 23.3 Å². The van der Waals surface area contributed by atoms with Gasteiger partial charge in [0.1, 0.15) is 0 Å². The fourth-order valence-electron chi connectivity index (χ4n) is 1.41. The predicted molar refractivity (Wildman–Crippen MR) is 71.2 cm³/mol. The van der Waals surface area contributed by atoms with E-state index < -0.39 is 11.9 Å². The molecule has 0 aromatic heterocycles. The van der Waals surface area contributed by atoms with Crippen LogP contribution in [0.25, 0.3) is 5.57 Å². The second kappa shape index (κ2) is 6.39. The third-order valence-electron chi connectivity index (χ3n) is 2.42. The Balaban J connectivity index is 2.91. The van der Waals surface area contributed by atoms with Crippen LogP contribution in [-0.2, 0) is 9.59 Å². The lowest BCUT2D eigenvalue weighted by Crippen LogP contribution is -2.10. The average molecular weight is 245 g/mol. The Morgan fingerprint density at radius 2 is 1.89 bits per heavy atom. The van der Waals surface area contributed by atoms with E-state index in [0.29, 0.717) is 5.69 Å². The third-order valence-corrected chi connectivity index (χ3v) is 2.42. The number of carbonyl (C=O) groups is 2. The molecule has 4 heteroatoms. The highest BCUT2D eigenvalue weighted by Crippen LogP contribution is 2.23. The number of hydrogen-bond donors (Lipinski definition) is 2. The third kappa shape index (κ3) is 3.90. The highest BCUT2D eigenvalue weighted by atomic mass is 16.4. The Morgan fingerprint density at radius 3 is 2.50 bits per heavy atom. The number of anilines is 1. The van der Waals surface area contributed by atoms with Gasteiger partial charge in [-0.05, 0) is 25.5 Å². The van der Waals surface area contributed by atoms with Crippen LogP contribution in [-0.4, -0.2) is 17.0 Å². The summed E-state index contributed by atoms with van der Waals surface area (Å²) >= 11 is 0. The zero-order valence-electron chi connectivity index (χ0n) is 10.3. The normalized spacial score (nSPS) is 11.6. The number of carboxylic acids is 1. The summed E-state index contributed by atoms with van der Waals surface area (Å²) in [6, 6.07) is 7.36. The Labute approximate surface area is 106 Å². The number of allylic oxidation sites excluding steroid dienone is 2. The first kappa shape index (κ1) is 13.7.